The smallest absolute Gasteiger partial charge is 0.416 e. The molecule has 4 heterocycles. The molecule has 26 heavy (non-hydrogen) atoms. The monoisotopic (exact) mass is 412 g/mol. The van der Waals surface area contributed by atoms with E-state index >= 15 is 0 Å². The molecular weight excluding hydrogens is 396 g/mol. The molecule has 2 amide bonds. The van der Waals surface area contributed by atoms with Crippen molar-refractivity contribution in [1.29, 1.82) is 0 Å². The van der Waals surface area contributed by atoms with Gasteiger partial charge in [0.15, 0.2) is 5.13 Å². The normalized spacial score (nSPS) is 20.2. The number of halogens is 1. The van der Waals surface area contributed by atoms with Crippen molar-refractivity contribution in [2.45, 2.75) is 19.1 Å². The van der Waals surface area contributed by atoms with Crippen LogP contribution in [0.15, 0.2) is 12.1 Å². The van der Waals surface area contributed by atoms with Gasteiger partial charge < -0.3 is 15.0 Å². The van der Waals surface area contributed by atoms with E-state index in [-0.39, 0.29) is 12.5 Å². The molecule has 1 N–H and O–H groups in total. The average Bonchev–Trinajstić information content (AvgIpc) is 3.30. The van der Waals surface area contributed by atoms with E-state index in [4.69, 9.17) is 16.3 Å². The van der Waals surface area contributed by atoms with Crippen LogP contribution < -0.4 is 10.2 Å². The van der Waals surface area contributed by atoms with Crippen LogP contribution >= 0.6 is 34.3 Å². The van der Waals surface area contributed by atoms with Crippen molar-refractivity contribution in [1.82, 2.24) is 15.2 Å². The standard InChI is InChI=1S/C16H17ClN4O3S2/c1-20-5-4-10-12(8-20)26-15(19-10)21-7-9(24-16(21)23)6-18-14(22)11-2-3-13(17)25-11/h2-3,9H,4-8H2,1H3,(H,18,22)/t9-/m0/s1. The highest BCUT2D eigenvalue weighted by atomic mass is 35.5. The van der Waals surface area contributed by atoms with Crippen LogP contribution in [0.25, 0.3) is 0 Å². The number of hydrogen-bond acceptors (Lipinski definition) is 7. The van der Waals surface area contributed by atoms with E-state index in [1.165, 1.54) is 27.6 Å². The number of thiazole rings is 1. The summed E-state index contributed by atoms with van der Waals surface area (Å²) in [5.74, 6) is -0.218. The van der Waals surface area contributed by atoms with Crippen LogP contribution in [0.1, 0.15) is 20.2 Å². The van der Waals surface area contributed by atoms with Gasteiger partial charge in [0, 0.05) is 24.4 Å². The Balaban J connectivity index is 1.37. The van der Waals surface area contributed by atoms with Gasteiger partial charge in [0.25, 0.3) is 5.91 Å². The zero-order valence-electron chi connectivity index (χ0n) is 14.0. The molecule has 2 aromatic heterocycles. The van der Waals surface area contributed by atoms with Crippen LogP contribution in [0, 0.1) is 0 Å². The van der Waals surface area contributed by atoms with Gasteiger partial charge in [-0.05, 0) is 19.2 Å². The van der Waals surface area contributed by atoms with Gasteiger partial charge >= 0.3 is 6.09 Å². The Hall–Kier alpha value is -1.68. The minimum Gasteiger partial charge on any atom is -0.442 e. The number of aromatic nitrogens is 1. The minimum atomic E-state index is -0.414. The van der Waals surface area contributed by atoms with E-state index in [1.807, 2.05) is 0 Å². The highest BCUT2D eigenvalue weighted by molar-refractivity contribution is 7.18. The zero-order chi connectivity index (χ0) is 18.3. The number of carbonyl (C=O) groups is 2. The molecule has 0 unspecified atom stereocenters. The Morgan fingerprint density at radius 3 is 3.08 bits per heavy atom. The molecule has 1 saturated heterocycles. The lowest BCUT2D eigenvalue weighted by molar-refractivity contribution is 0.0920. The second-order valence-electron chi connectivity index (χ2n) is 6.28. The Morgan fingerprint density at radius 1 is 1.46 bits per heavy atom. The van der Waals surface area contributed by atoms with Crippen molar-refractivity contribution in [2.24, 2.45) is 0 Å². The van der Waals surface area contributed by atoms with Crippen molar-refractivity contribution < 1.29 is 14.3 Å². The summed E-state index contributed by atoms with van der Waals surface area (Å²) in [4.78, 5) is 34.4. The third-order valence-corrected chi connectivity index (χ3v) is 6.64. The number of ether oxygens (including phenoxy) is 1. The summed E-state index contributed by atoms with van der Waals surface area (Å²) in [7, 11) is 2.08. The van der Waals surface area contributed by atoms with Crippen LogP contribution in [0.2, 0.25) is 4.34 Å². The molecule has 7 nitrogen and oxygen atoms in total. The Labute approximate surface area is 163 Å². The first kappa shape index (κ1) is 17.7. The maximum absolute atomic E-state index is 12.2. The van der Waals surface area contributed by atoms with E-state index in [9.17, 15) is 9.59 Å². The predicted molar refractivity (Wildman–Crippen MR) is 101 cm³/mol. The Kier molecular flexibility index (Phi) is 4.87. The second-order valence-corrected chi connectivity index (χ2v) is 9.06. The van der Waals surface area contributed by atoms with Crippen LogP contribution in [0.5, 0.6) is 0 Å². The molecule has 0 spiro atoms. The summed E-state index contributed by atoms with van der Waals surface area (Å²) in [5.41, 5.74) is 1.07. The highest BCUT2D eigenvalue weighted by Crippen LogP contribution is 2.32. The Morgan fingerprint density at radius 2 is 2.31 bits per heavy atom. The van der Waals surface area contributed by atoms with Crippen LogP contribution in [0.4, 0.5) is 9.93 Å². The summed E-state index contributed by atoms with van der Waals surface area (Å²) in [6.07, 6.45) is 0.0852. The summed E-state index contributed by atoms with van der Waals surface area (Å²) < 4.78 is 5.94. The summed E-state index contributed by atoms with van der Waals surface area (Å²) in [5, 5.41) is 3.46. The Bertz CT molecular complexity index is 852. The zero-order valence-corrected chi connectivity index (χ0v) is 16.4. The second kappa shape index (κ2) is 7.15. The predicted octanol–water partition coefficient (Wildman–Crippen LogP) is 2.60. The molecule has 0 aliphatic carbocycles. The molecule has 4 rings (SSSR count). The van der Waals surface area contributed by atoms with Crippen molar-refractivity contribution in [3.05, 3.63) is 31.9 Å². The van der Waals surface area contributed by atoms with Gasteiger partial charge in [0.05, 0.1) is 28.0 Å². The van der Waals surface area contributed by atoms with Crippen LogP contribution in [0.3, 0.4) is 0 Å². The fraction of sp³-hybridized carbons (Fsp3) is 0.438. The van der Waals surface area contributed by atoms with Gasteiger partial charge in [0.1, 0.15) is 6.10 Å². The van der Waals surface area contributed by atoms with E-state index in [0.29, 0.717) is 20.9 Å². The van der Waals surface area contributed by atoms with Crippen LogP contribution in [-0.2, 0) is 17.7 Å². The molecule has 1 fully saturated rings. The average molecular weight is 413 g/mol. The number of hydrogen-bond donors (Lipinski definition) is 1. The van der Waals surface area contributed by atoms with Gasteiger partial charge in [-0.1, -0.05) is 22.9 Å². The summed E-state index contributed by atoms with van der Waals surface area (Å²) >= 11 is 8.60. The van der Waals surface area contributed by atoms with E-state index in [2.05, 4.69) is 22.2 Å². The highest BCUT2D eigenvalue weighted by Gasteiger charge is 2.35. The topological polar surface area (TPSA) is 74.8 Å². The molecule has 0 aromatic carbocycles. The van der Waals surface area contributed by atoms with E-state index in [1.54, 1.807) is 17.0 Å². The fourth-order valence-corrected chi connectivity index (χ4v) is 5.08. The number of thiophene rings is 1. The third kappa shape index (κ3) is 3.57. The van der Waals surface area contributed by atoms with Crippen molar-refractivity contribution in [2.75, 3.05) is 31.6 Å². The number of fused-ring (bicyclic) bond motifs is 1. The lowest BCUT2D eigenvalue weighted by Crippen LogP contribution is -2.34. The van der Waals surface area contributed by atoms with E-state index < -0.39 is 12.2 Å². The SMILES string of the molecule is CN1CCc2nc(N3C[C@H](CNC(=O)c4ccc(Cl)s4)OC3=O)sc2C1. The number of amides is 2. The quantitative estimate of drug-likeness (QED) is 0.835. The molecule has 138 valence electrons. The number of carbonyl (C=O) groups excluding carboxylic acids is 2. The molecule has 2 aromatic rings. The van der Waals surface area contributed by atoms with E-state index in [0.717, 1.165) is 25.2 Å². The van der Waals surface area contributed by atoms with Crippen molar-refractivity contribution in [3.8, 4) is 0 Å². The van der Waals surface area contributed by atoms with Gasteiger partial charge in [-0.15, -0.1) is 11.3 Å². The van der Waals surface area contributed by atoms with Gasteiger partial charge in [-0.2, -0.15) is 0 Å². The van der Waals surface area contributed by atoms with Crippen molar-refractivity contribution in [3.63, 3.8) is 0 Å². The van der Waals surface area contributed by atoms with Gasteiger partial charge in [0.2, 0.25) is 0 Å². The lowest BCUT2D eigenvalue weighted by Gasteiger charge is -2.20. The molecule has 0 saturated carbocycles. The summed E-state index contributed by atoms with van der Waals surface area (Å²) in [6, 6.07) is 3.35. The molecule has 0 radical (unpaired) electrons. The first-order valence-corrected chi connectivity index (χ1v) is 10.2. The maximum Gasteiger partial charge on any atom is 0.416 e. The molecule has 0 bridgehead atoms. The van der Waals surface area contributed by atoms with Crippen LogP contribution in [-0.4, -0.2) is 54.7 Å². The fourth-order valence-electron chi connectivity index (χ4n) is 2.94. The number of nitrogens with zero attached hydrogens (tertiary/aromatic N) is 3. The number of nitrogens with one attached hydrogen (secondary N) is 1. The first-order chi connectivity index (χ1) is 12.5. The number of rotatable bonds is 4. The number of anilines is 1. The third-order valence-electron chi connectivity index (χ3n) is 4.30. The minimum absolute atomic E-state index is 0.218. The molecule has 1 atom stereocenters. The largest absolute Gasteiger partial charge is 0.442 e. The maximum atomic E-state index is 12.2. The lowest BCUT2D eigenvalue weighted by atomic mass is 10.2. The molecular formula is C16H17ClN4O3S2. The van der Waals surface area contributed by atoms with Crippen molar-refractivity contribution >= 4 is 51.4 Å². The number of likely N-dealkylation sites (N-methyl/N-ethyl adjacent to an activating group) is 1. The molecule has 2 aliphatic heterocycles. The number of cyclic esters (lactones) is 1. The summed E-state index contributed by atoms with van der Waals surface area (Å²) in [6.45, 7) is 2.47. The van der Waals surface area contributed by atoms with Gasteiger partial charge in [-0.3, -0.25) is 4.79 Å². The molecule has 2 aliphatic rings. The van der Waals surface area contributed by atoms with Gasteiger partial charge in [-0.25, -0.2) is 14.7 Å². The first-order valence-electron chi connectivity index (χ1n) is 8.18. The molecule has 10 heteroatoms.